The summed E-state index contributed by atoms with van der Waals surface area (Å²) in [5.74, 6) is -0.0112. The molecule has 0 aromatic heterocycles. The summed E-state index contributed by atoms with van der Waals surface area (Å²) in [5, 5.41) is 13.9. The number of ether oxygens (including phenoxy) is 1. The zero-order valence-electron chi connectivity index (χ0n) is 17.4. The van der Waals surface area contributed by atoms with Gasteiger partial charge in [0, 0.05) is 5.56 Å². The number of phenols is 1. The highest BCUT2D eigenvalue weighted by Crippen LogP contribution is 2.28. The Hall–Kier alpha value is -3.13. The SMILES string of the molecule is C/C=C/C1C=C(C(=O)N/N=C/c2cccc(OCC)c2O)NN1.C=CCF.CC. The third-order valence-electron chi connectivity index (χ3n) is 3.17. The number of amides is 1. The van der Waals surface area contributed by atoms with E-state index in [9.17, 15) is 14.3 Å². The van der Waals surface area contributed by atoms with Gasteiger partial charge in [-0.15, -0.1) is 6.58 Å². The van der Waals surface area contributed by atoms with Crippen LogP contribution in [0.4, 0.5) is 4.39 Å². The van der Waals surface area contributed by atoms with E-state index in [-0.39, 0.29) is 17.7 Å². The summed E-state index contributed by atoms with van der Waals surface area (Å²) < 4.78 is 15.9. The van der Waals surface area contributed by atoms with E-state index in [2.05, 4.69) is 28.0 Å². The van der Waals surface area contributed by atoms with Crippen LogP contribution in [-0.4, -0.2) is 36.6 Å². The summed E-state index contributed by atoms with van der Waals surface area (Å²) in [5.41, 5.74) is 8.95. The molecule has 0 spiro atoms. The van der Waals surface area contributed by atoms with E-state index in [4.69, 9.17) is 4.74 Å². The first-order chi connectivity index (χ1) is 14.1. The van der Waals surface area contributed by atoms with Gasteiger partial charge in [0.05, 0.1) is 18.9 Å². The molecule has 8 heteroatoms. The molecule has 7 nitrogen and oxygen atoms in total. The summed E-state index contributed by atoms with van der Waals surface area (Å²) in [4.78, 5) is 11.9. The van der Waals surface area contributed by atoms with Gasteiger partial charge >= 0.3 is 0 Å². The molecule has 2 rings (SSSR count). The van der Waals surface area contributed by atoms with E-state index in [1.807, 2.05) is 39.8 Å². The van der Waals surface area contributed by atoms with Crippen molar-refractivity contribution in [2.24, 2.45) is 5.10 Å². The largest absolute Gasteiger partial charge is 0.504 e. The molecule has 1 aliphatic rings. The highest BCUT2D eigenvalue weighted by molar-refractivity contribution is 5.94. The van der Waals surface area contributed by atoms with Crippen molar-refractivity contribution in [3.63, 3.8) is 0 Å². The Kier molecular flexibility index (Phi) is 14.2. The van der Waals surface area contributed by atoms with Crippen LogP contribution in [-0.2, 0) is 4.79 Å². The summed E-state index contributed by atoms with van der Waals surface area (Å²) >= 11 is 0. The van der Waals surface area contributed by atoms with Crippen LogP contribution in [0.15, 0.2) is 59.9 Å². The minimum Gasteiger partial charge on any atom is -0.504 e. The highest BCUT2D eigenvalue weighted by atomic mass is 19.1. The van der Waals surface area contributed by atoms with Crippen LogP contribution >= 0.6 is 0 Å². The Bertz CT molecular complexity index is 718. The molecule has 0 fully saturated rings. The molecule has 1 aliphatic heterocycles. The lowest BCUT2D eigenvalue weighted by Gasteiger charge is -2.07. The molecule has 1 aromatic carbocycles. The number of halogens is 1. The van der Waals surface area contributed by atoms with Gasteiger partial charge in [-0.25, -0.2) is 15.2 Å². The second-order valence-corrected chi connectivity index (χ2v) is 5.17. The monoisotopic (exact) mass is 406 g/mol. The molecule has 1 amide bonds. The van der Waals surface area contributed by atoms with Crippen molar-refractivity contribution >= 4 is 12.1 Å². The third-order valence-corrected chi connectivity index (χ3v) is 3.17. The number of carbonyl (C=O) groups excluding carboxylic acids is 1. The molecule has 0 saturated carbocycles. The lowest BCUT2D eigenvalue weighted by Crippen LogP contribution is -2.34. The van der Waals surface area contributed by atoms with Crippen molar-refractivity contribution in [2.45, 2.75) is 33.7 Å². The van der Waals surface area contributed by atoms with Gasteiger partial charge in [-0.2, -0.15) is 5.10 Å². The lowest BCUT2D eigenvalue weighted by atomic mass is 10.2. The number of hydrazine groups is 1. The van der Waals surface area contributed by atoms with E-state index in [1.165, 1.54) is 12.3 Å². The number of nitrogens with zero attached hydrogens (tertiary/aromatic N) is 1. The van der Waals surface area contributed by atoms with E-state index < -0.39 is 6.67 Å². The van der Waals surface area contributed by atoms with Gasteiger partial charge in [-0.3, -0.25) is 4.79 Å². The Morgan fingerprint density at radius 1 is 1.45 bits per heavy atom. The van der Waals surface area contributed by atoms with Crippen molar-refractivity contribution in [3.8, 4) is 11.5 Å². The summed E-state index contributed by atoms with van der Waals surface area (Å²) in [6.45, 7) is 10.9. The van der Waals surface area contributed by atoms with Crippen LogP contribution in [0.5, 0.6) is 11.5 Å². The van der Waals surface area contributed by atoms with Gasteiger partial charge in [-0.1, -0.05) is 38.1 Å². The number of phenolic OH excluding ortho intramolecular Hbond substituents is 1. The summed E-state index contributed by atoms with van der Waals surface area (Å²) in [6.07, 6.45) is 8.12. The Balaban J connectivity index is 0.00000116. The number of carbonyl (C=O) groups is 1. The van der Waals surface area contributed by atoms with E-state index in [0.29, 0.717) is 23.6 Å². The quantitative estimate of drug-likeness (QED) is 0.316. The highest BCUT2D eigenvalue weighted by Gasteiger charge is 2.17. The first kappa shape index (κ1) is 25.9. The molecule has 0 aliphatic carbocycles. The Labute approximate surface area is 172 Å². The fraction of sp³-hybridized carbons (Fsp3) is 0.333. The summed E-state index contributed by atoms with van der Waals surface area (Å²) in [7, 11) is 0. The van der Waals surface area contributed by atoms with Crippen molar-refractivity contribution in [2.75, 3.05) is 13.3 Å². The van der Waals surface area contributed by atoms with Gasteiger partial charge in [-0.05, 0) is 32.1 Å². The number of benzene rings is 1. The average molecular weight is 407 g/mol. The van der Waals surface area contributed by atoms with Crippen molar-refractivity contribution in [3.05, 3.63) is 60.3 Å². The van der Waals surface area contributed by atoms with Crippen LogP contribution in [0.3, 0.4) is 0 Å². The number of hydrogen-bond donors (Lipinski definition) is 4. The first-order valence-electron chi connectivity index (χ1n) is 9.38. The molecule has 0 bridgehead atoms. The van der Waals surface area contributed by atoms with Crippen LogP contribution in [0, 0.1) is 0 Å². The van der Waals surface area contributed by atoms with Crippen molar-refractivity contribution in [1.29, 1.82) is 0 Å². The predicted octanol–water partition coefficient (Wildman–Crippen LogP) is 3.35. The zero-order chi connectivity index (χ0) is 22.1. The van der Waals surface area contributed by atoms with Crippen molar-refractivity contribution < 1.29 is 19.0 Å². The van der Waals surface area contributed by atoms with Crippen LogP contribution in [0.25, 0.3) is 0 Å². The molecule has 1 unspecified atom stereocenters. The van der Waals surface area contributed by atoms with Crippen molar-refractivity contribution in [1.82, 2.24) is 16.3 Å². The number of hydrogen-bond acceptors (Lipinski definition) is 6. The second-order valence-electron chi connectivity index (χ2n) is 5.17. The maximum atomic E-state index is 11.9. The average Bonchev–Trinajstić information content (AvgIpc) is 3.21. The van der Waals surface area contributed by atoms with E-state index in [1.54, 1.807) is 24.3 Å². The first-order valence-corrected chi connectivity index (χ1v) is 9.38. The Morgan fingerprint density at radius 3 is 2.72 bits per heavy atom. The predicted molar refractivity (Wildman–Crippen MR) is 115 cm³/mol. The molecule has 0 radical (unpaired) electrons. The topological polar surface area (TPSA) is 95.0 Å². The molecular weight excluding hydrogens is 375 g/mol. The Morgan fingerprint density at radius 2 is 2.14 bits per heavy atom. The van der Waals surface area contributed by atoms with Crippen LogP contribution < -0.4 is 21.0 Å². The molecule has 1 atom stereocenters. The summed E-state index contributed by atoms with van der Waals surface area (Å²) in [6, 6.07) is 5.04. The van der Waals surface area contributed by atoms with E-state index in [0.717, 1.165) is 0 Å². The van der Waals surface area contributed by atoms with E-state index >= 15 is 0 Å². The molecule has 4 N–H and O–H groups in total. The molecular formula is C21H31FN4O3. The molecule has 1 heterocycles. The minimum absolute atomic E-state index is 0.0135. The maximum Gasteiger partial charge on any atom is 0.288 e. The van der Waals surface area contributed by atoms with Gasteiger partial charge in [0.2, 0.25) is 0 Å². The third kappa shape index (κ3) is 9.57. The van der Waals surface area contributed by atoms with Crippen LogP contribution in [0.2, 0.25) is 0 Å². The maximum absolute atomic E-state index is 11.9. The molecule has 1 aromatic rings. The number of allylic oxidation sites excluding steroid dienone is 2. The smallest absolute Gasteiger partial charge is 0.288 e. The molecule has 0 saturated heterocycles. The molecule has 29 heavy (non-hydrogen) atoms. The fourth-order valence-electron chi connectivity index (χ4n) is 2.00. The fourth-order valence-corrected chi connectivity index (χ4v) is 2.00. The number of nitrogens with one attached hydrogen (secondary N) is 3. The second kappa shape index (κ2) is 15.9. The lowest BCUT2D eigenvalue weighted by molar-refractivity contribution is -0.117. The minimum atomic E-state index is -0.417. The number of rotatable bonds is 7. The number of alkyl halides is 1. The zero-order valence-corrected chi connectivity index (χ0v) is 17.4. The number of aromatic hydroxyl groups is 1. The van der Waals surface area contributed by atoms with Gasteiger partial charge in [0.25, 0.3) is 5.91 Å². The van der Waals surface area contributed by atoms with Crippen LogP contribution in [0.1, 0.15) is 33.3 Å². The number of hydrazone groups is 1. The number of para-hydroxylation sites is 1. The standard InChI is InChI=1S/C16H20N4O3.C3H5F.C2H6/c1-3-6-12-9-13(19-18-12)16(22)20-17-10-11-7-5-8-14(15(11)21)23-4-2;1-2-3-4;1-2/h3,5-10,12,18-19,21H,4H2,1-2H3,(H,20,22);2H,1,3H2;1-2H3/b6-3+,17-10+;;. The van der Waals surface area contributed by atoms with Gasteiger partial charge in [0.15, 0.2) is 11.5 Å². The normalized spacial score (nSPS) is 14.8. The molecule has 160 valence electrons. The van der Waals surface area contributed by atoms with Gasteiger partial charge in [0.1, 0.15) is 12.4 Å². The van der Waals surface area contributed by atoms with Gasteiger partial charge < -0.3 is 15.3 Å².